The first-order valence-electron chi connectivity index (χ1n) is 6.55. The molecule has 0 aliphatic rings. The molecule has 4 nitrogen and oxygen atoms in total. The number of para-hydroxylation sites is 2. The predicted octanol–water partition coefficient (Wildman–Crippen LogP) is 2.96. The fourth-order valence-corrected chi connectivity index (χ4v) is 1.71. The van der Waals surface area contributed by atoms with Crippen LogP contribution in [-0.2, 0) is 4.79 Å². The summed E-state index contributed by atoms with van der Waals surface area (Å²) in [5.74, 6) is -0.291. The van der Waals surface area contributed by atoms with Gasteiger partial charge in [-0.05, 0) is 32.1 Å². The summed E-state index contributed by atoms with van der Waals surface area (Å²) >= 11 is 0. The molecular formula is C14H20F2N2O2. The minimum absolute atomic E-state index is 0.0351. The van der Waals surface area contributed by atoms with Gasteiger partial charge in [0.2, 0.25) is 5.91 Å². The lowest BCUT2D eigenvalue weighted by molar-refractivity contribution is -0.117. The number of ether oxygens (including phenoxy) is 1. The molecule has 0 unspecified atom stereocenters. The van der Waals surface area contributed by atoms with E-state index in [1.807, 2.05) is 11.9 Å². The van der Waals surface area contributed by atoms with Crippen LogP contribution in [0.3, 0.4) is 0 Å². The molecule has 1 rings (SSSR count). The number of unbranched alkanes of at least 4 members (excludes halogenated alkanes) is 1. The number of alkyl halides is 2. The highest BCUT2D eigenvalue weighted by atomic mass is 19.3. The van der Waals surface area contributed by atoms with E-state index in [9.17, 15) is 13.6 Å². The van der Waals surface area contributed by atoms with Gasteiger partial charge in [-0.25, -0.2) is 0 Å². The van der Waals surface area contributed by atoms with Crippen molar-refractivity contribution < 1.29 is 18.3 Å². The average Bonchev–Trinajstić information content (AvgIpc) is 2.38. The van der Waals surface area contributed by atoms with Crippen LogP contribution in [0, 0.1) is 0 Å². The first kappa shape index (κ1) is 16.4. The van der Waals surface area contributed by atoms with Gasteiger partial charge in [0, 0.05) is 0 Å². The van der Waals surface area contributed by atoms with Crippen LogP contribution in [0.25, 0.3) is 0 Å². The standard InChI is InChI=1S/C14H20F2N2O2/c1-3-4-9-18(2)10-13(19)17-11-7-5-6-8-12(11)20-14(15)16/h5-8,14H,3-4,9-10H2,1-2H3,(H,17,19). The summed E-state index contributed by atoms with van der Waals surface area (Å²) in [4.78, 5) is 13.7. The molecule has 0 bridgehead atoms. The van der Waals surface area contributed by atoms with Gasteiger partial charge >= 0.3 is 6.61 Å². The summed E-state index contributed by atoms with van der Waals surface area (Å²) in [6.45, 7) is 0.189. The number of carbonyl (C=O) groups is 1. The molecular weight excluding hydrogens is 266 g/mol. The zero-order chi connectivity index (χ0) is 15.0. The van der Waals surface area contributed by atoms with Crippen LogP contribution in [0.4, 0.5) is 14.5 Å². The van der Waals surface area contributed by atoms with Crippen LogP contribution >= 0.6 is 0 Å². The Kier molecular flexibility index (Phi) is 6.93. The van der Waals surface area contributed by atoms with Gasteiger partial charge in [-0.2, -0.15) is 8.78 Å². The molecule has 0 aliphatic heterocycles. The van der Waals surface area contributed by atoms with Crippen LogP contribution in [0.2, 0.25) is 0 Å². The van der Waals surface area contributed by atoms with E-state index in [0.717, 1.165) is 19.4 Å². The third-order valence-corrected chi connectivity index (χ3v) is 2.68. The first-order valence-corrected chi connectivity index (χ1v) is 6.55. The highest BCUT2D eigenvalue weighted by molar-refractivity contribution is 5.93. The molecule has 1 N–H and O–H groups in total. The van der Waals surface area contributed by atoms with E-state index < -0.39 is 6.61 Å². The molecule has 0 saturated heterocycles. The summed E-state index contributed by atoms with van der Waals surface area (Å²) in [5.41, 5.74) is 0.252. The molecule has 1 amide bonds. The smallest absolute Gasteiger partial charge is 0.387 e. The molecule has 0 heterocycles. The van der Waals surface area contributed by atoms with Crippen LogP contribution < -0.4 is 10.1 Å². The number of rotatable bonds is 8. The second-order valence-corrected chi connectivity index (χ2v) is 4.51. The molecule has 6 heteroatoms. The summed E-state index contributed by atoms with van der Waals surface area (Å²) in [7, 11) is 1.84. The zero-order valence-electron chi connectivity index (χ0n) is 11.7. The Hall–Kier alpha value is -1.69. The topological polar surface area (TPSA) is 41.6 Å². The number of anilines is 1. The van der Waals surface area contributed by atoms with Crippen molar-refractivity contribution in [2.45, 2.75) is 26.4 Å². The Bertz CT molecular complexity index is 427. The lowest BCUT2D eigenvalue weighted by Crippen LogP contribution is -2.31. The van der Waals surface area contributed by atoms with Crippen LogP contribution in [-0.4, -0.2) is 37.6 Å². The van der Waals surface area contributed by atoms with Gasteiger partial charge in [-0.15, -0.1) is 0 Å². The van der Waals surface area contributed by atoms with Gasteiger partial charge in [0.05, 0.1) is 12.2 Å². The maximum absolute atomic E-state index is 12.2. The molecule has 1 aromatic carbocycles. The molecule has 0 aliphatic carbocycles. The predicted molar refractivity (Wildman–Crippen MR) is 74.1 cm³/mol. The second kappa shape index (κ2) is 8.47. The van der Waals surface area contributed by atoms with Crippen molar-refractivity contribution in [3.8, 4) is 5.75 Å². The largest absolute Gasteiger partial charge is 0.433 e. The Morgan fingerprint density at radius 2 is 2.10 bits per heavy atom. The highest BCUT2D eigenvalue weighted by Crippen LogP contribution is 2.25. The fourth-order valence-electron chi connectivity index (χ4n) is 1.71. The van der Waals surface area contributed by atoms with E-state index in [0.29, 0.717) is 0 Å². The van der Waals surface area contributed by atoms with Crippen molar-refractivity contribution in [1.29, 1.82) is 0 Å². The van der Waals surface area contributed by atoms with Crippen molar-refractivity contribution in [2.75, 3.05) is 25.5 Å². The van der Waals surface area contributed by atoms with Gasteiger partial charge < -0.3 is 10.1 Å². The van der Waals surface area contributed by atoms with E-state index in [1.165, 1.54) is 12.1 Å². The molecule has 0 atom stereocenters. The monoisotopic (exact) mass is 286 g/mol. The summed E-state index contributed by atoms with van der Waals surface area (Å²) in [6, 6.07) is 6.14. The Labute approximate surface area is 117 Å². The Morgan fingerprint density at radius 1 is 1.40 bits per heavy atom. The van der Waals surface area contributed by atoms with Crippen molar-refractivity contribution in [3.05, 3.63) is 24.3 Å². The maximum atomic E-state index is 12.2. The molecule has 1 aromatic rings. The van der Waals surface area contributed by atoms with Gasteiger partial charge in [0.15, 0.2) is 0 Å². The van der Waals surface area contributed by atoms with Crippen molar-refractivity contribution >= 4 is 11.6 Å². The van der Waals surface area contributed by atoms with Gasteiger partial charge in [0.25, 0.3) is 0 Å². The number of amides is 1. The normalized spacial score (nSPS) is 10.9. The number of carbonyl (C=O) groups excluding carboxylic acids is 1. The number of hydrogen-bond donors (Lipinski definition) is 1. The Balaban J connectivity index is 2.57. The minimum atomic E-state index is -2.92. The number of nitrogens with zero attached hydrogens (tertiary/aromatic N) is 1. The van der Waals surface area contributed by atoms with Gasteiger partial charge in [-0.1, -0.05) is 25.5 Å². The summed E-state index contributed by atoms with van der Waals surface area (Å²) in [6.07, 6.45) is 2.06. The third kappa shape index (κ3) is 5.97. The molecule has 0 saturated carbocycles. The lowest BCUT2D eigenvalue weighted by atomic mass is 10.3. The molecule has 0 aromatic heterocycles. The van der Waals surface area contributed by atoms with Crippen LogP contribution in [0.1, 0.15) is 19.8 Å². The third-order valence-electron chi connectivity index (χ3n) is 2.68. The SMILES string of the molecule is CCCCN(C)CC(=O)Nc1ccccc1OC(F)F. The van der Waals surface area contributed by atoms with Crippen molar-refractivity contribution in [2.24, 2.45) is 0 Å². The average molecular weight is 286 g/mol. The highest BCUT2D eigenvalue weighted by Gasteiger charge is 2.12. The van der Waals surface area contributed by atoms with E-state index in [2.05, 4.69) is 17.0 Å². The molecule has 112 valence electrons. The van der Waals surface area contributed by atoms with E-state index in [-0.39, 0.29) is 23.9 Å². The summed E-state index contributed by atoms with van der Waals surface area (Å²) in [5, 5.41) is 2.58. The lowest BCUT2D eigenvalue weighted by Gasteiger charge is -2.16. The van der Waals surface area contributed by atoms with E-state index in [4.69, 9.17) is 0 Å². The van der Waals surface area contributed by atoms with Crippen LogP contribution in [0.5, 0.6) is 5.75 Å². The molecule has 20 heavy (non-hydrogen) atoms. The van der Waals surface area contributed by atoms with Gasteiger partial charge in [-0.3, -0.25) is 9.69 Å². The fraction of sp³-hybridized carbons (Fsp3) is 0.500. The maximum Gasteiger partial charge on any atom is 0.387 e. The van der Waals surface area contributed by atoms with Crippen molar-refractivity contribution in [1.82, 2.24) is 4.90 Å². The molecule has 0 radical (unpaired) electrons. The summed E-state index contributed by atoms with van der Waals surface area (Å²) < 4.78 is 28.8. The minimum Gasteiger partial charge on any atom is -0.433 e. The molecule has 0 spiro atoms. The van der Waals surface area contributed by atoms with Crippen molar-refractivity contribution in [3.63, 3.8) is 0 Å². The number of benzene rings is 1. The van der Waals surface area contributed by atoms with Crippen LogP contribution in [0.15, 0.2) is 24.3 Å². The zero-order valence-corrected chi connectivity index (χ0v) is 11.7. The quantitative estimate of drug-likeness (QED) is 0.799. The number of halogens is 2. The van der Waals surface area contributed by atoms with Gasteiger partial charge in [0.1, 0.15) is 5.75 Å². The number of hydrogen-bond acceptors (Lipinski definition) is 3. The number of likely N-dealkylation sites (N-methyl/N-ethyl adjacent to an activating group) is 1. The second-order valence-electron chi connectivity index (χ2n) is 4.51. The molecule has 0 fully saturated rings. The first-order chi connectivity index (χ1) is 9.52. The van der Waals surface area contributed by atoms with E-state index in [1.54, 1.807) is 12.1 Å². The number of nitrogens with one attached hydrogen (secondary N) is 1. The Morgan fingerprint density at radius 3 is 2.75 bits per heavy atom. The van der Waals surface area contributed by atoms with E-state index >= 15 is 0 Å².